The molecule has 1 atom stereocenters. The van der Waals surface area contributed by atoms with Crippen molar-refractivity contribution in [2.75, 3.05) is 12.4 Å². The highest BCUT2D eigenvalue weighted by molar-refractivity contribution is 6.04. The van der Waals surface area contributed by atoms with Crippen LogP contribution in [0.2, 0.25) is 0 Å². The molecule has 0 saturated heterocycles. The molecule has 0 aliphatic rings. The first-order chi connectivity index (χ1) is 12.0. The van der Waals surface area contributed by atoms with Crippen molar-refractivity contribution < 1.29 is 9.59 Å². The topological polar surface area (TPSA) is 70.2 Å². The van der Waals surface area contributed by atoms with Gasteiger partial charge in [0.1, 0.15) is 0 Å². The van der Waals surface area contributed by atoms with Crippen LogP contribution in [0.15, 0.2) is 48.5 Å². The Labute approximate surface area is 148 Å². The summed E-state index contributed by atoms with van der Waals surface area (Å²) in [7, 11) is 1.77. The molecule has 132 valence electrons. The first kappa shape index (κ1) is 18.7. The van der Waals surface area contributed by atoms with Crippen LogP contribution in [0.4, 0.5) is 5.69 Å². The van der Waals surface area contributed by atoms with Crippen LogP contribution >= 0.6 is 0 Å². The van der Waals surface area contributed by atoms with Crippen molar-refractivity contribution in [2.24, 2.45) is 0 Å². The average Bonchev–Trinajstić information content (AvgIpc) is 2.62. The average molecular weight is 339 g/mol. The molecule has 25 heavy (non-hydrogen) atoms. The van der Waals surface area contributed by atoms with E-state index in [1.54, 1.807) is 19.2 Å². The predicted octanol–water partition coefficient (Wildman–Crippen LogP) is 2.86. The van der Waals surface area contributed by atoms with Gasteiger partial charge >= 0.3 is 0 Å². The third kappa shape index (κ3) is 5.43. The third-order valence-electron chi connectivity index (χ3n) is 4.04. The second-order valence-corrected chi connectivity index (χ2v) is 5.99. The van der Waals surface area contributed by atoms with Crippen LogP contribution in [0, 0.1) is 6.92 Å². The first-order valence-corrected chi connectivity index (χ1v) is 8.45. The lowest BCUT2D eigenvalue weighted by Crippen LogP contribution is -2.41. The number of aryl methyl sites for hydroxylation is 1. The van der Waals surface area contributed by atoms with Crippen molar-refractivity contribution in [2.45, 2.75) is 32.9 Å². The number of carbonyl (C=O) groups is 2. The third-order valence-corrected chi connectivity index (χ3v) is 4.04. The van der Waals surface area contributed by atoms with Gasteiger partial charge in [-0.25, -0.2) is 0 Å². The van der Waals surface area contributed by atoms with Crippen LogP contribution in [0.5, 0.6) is 0 Å². The molecule has 0 heterocycles. The molecule has 2 aromatic carbocycles. The molecule has 2 rings (SSSR count). The zero-order valence-electron chi connectivity index (χ0n) is 14.9. The van der Waals surface area contributed by atoms with Gasteiger partial charge in [-0.15, -0.1) is 0 Å². The van der Waals surface area contributed by atoms with E-state index in [1.807, 2.05) is 50.2 Å². The lowest BCUT2D eigenvalue weighted by molar-refractivity contribution is -0.123. The van der Waals surface area contributed by atoms with Crippen molar-refractivity contribution in [3.05, 3.63) is 65.2 Å². The minimum Gasteiger partial charge on any atom is -0.351 e. The van der Waals surface area contributed by atoms with E-state index in [1.165, 1.54) is 0 Å². The number of hydrogen-bond acceptors (Lipinski definition) is 3. The number of amides is 2. The van der Waals surface area contributed by atoms with Crippen molar-refractivity contribution in [3.8, 4) is 0 Å². The van der Waals surface area contributed by atoms with Gasteiger partial charge in [0.15, 0.2) is 0 Å². The summed E-state index contributed by atoms with van der Waals surface area (Å²) in [4.78, 5) is 24.3. The van der Waals surface area contributed by atoms with Crippen LogP contribution < -0.4 is 16.0 Å². The SMILES string of the molecule is CCC(NC)C(=O)NCc1cccc(NC(=O)c2ccc(C)cc2)c1. The van der Waals surface area contributed by atoms with Gasteiger partial charge < -0.3 is 16.0 Å². The fraction of sp³-hybridized carbons (Fsp3) is 0.300. The zero-order valence-corrected chi connectivity index (χ0v) is 14.9. The minimum atomic E-state index is -0.190. The molecule has 0 bridgehead atoms. The number of nitrogens with one attached hydrogen (secondary N) is 3. The highest BCUT2D eigenvalue weighted by Gasteiger charge is 2.13. The second-order valence-electron chi connectivity index (χ2n) is 5.99. The summed E-state index contributed by atoms with van der Waals surface area (Å²) in [5.41, 5.74) is 3.37. The lowest BCUT2D eigenvalue weighted by Gasteiger charge is -2.14. The molecule has 5 heteroatoms. The number of likely N-dealkylation sites (N-methyl/N-ethyl adjacent to an activating group) is 1. The largest absolute Gasteiger partial charge is 0.351 e. The summed E-state index contributed by atoms with van der Waals surface area (Å²) >= 11 is 0. The molecule has 0 saturated carbocycles. The van der Waals surface area contributed by atoms with Gasteiger partial charge in [0.2, 0.25) is 5.91 Å². The maximum atomic E-state index is 12.3. The summed E-state index contributed by atoms with van der Waals surface area (Å²) < 4.78 is 0. The fourth-order valence-corrected chi connectivity index (χ4v) is 2.50. The van der Waals surface area contributed by atoms with Crippen LogP contribution in [-0.4, -0.2) is 24.9 Å². The van der Waals surface area contributed by atoms with Crippen LogP contribution in [0.1, 0.15) is 34.8 Å². The number of rotatable bonds is 7. The van der Waals surface area contributed by atoms with Gasteiger partial charge in [-0.2, -0.15) is 0 Å². The van der Waals surface area contributed by atoms with Gasteiger partial charge in [-0.1, -0.05) is 36.8 Å². The number of hydrogen-bond donors (Lipinski definition) is 3. The van der Waals surface area contributed by atoms with E-state index in [4.69, 9.17) is 0 Å². The van der Waals surface area contributed by atoms with Crippen molar-refractivity contribution in [1.82, 2.24) is 10.6 Å². The van der Waals surface area contributed by atoms with Crippen molar-refractivity contribution in [3.63, 3.8) is 0 Å². The monoisotopic (exact) mass is 339 g/mol. The van der Waals surface area contributed by atoms with Crippen molar-refractivity contribution in [1.29, 1.82) is 0 Å². The Balaban J connectivity index is 1.97. The molecule has 0 aliphatic carbocycles. The fourth-order valence-electron chi connectivity index (χ4n) is 2.50. The van der Waals surface area contributed by atoms with Crippen LogP contribution in [-0.2, 0) is 11.3 Å². The standard InChI is InChI=1S/C20H25N3O2/c1-4-18(21-3)20(25)22-13-15-6-5-7-17(12-15)23-19(24)16-10-8-14(2)9-11-16/h5-12,18,21H,4,13H2,1-3H3,(H,22,25)(H,23,24). The lowest BCUT2D eigenvalue weighted by atomic mass is 10.1. The van der Waals surface area contributed by atoms with Gasteiger partial charge in [0.25, 0.3) is 5.91 Å². The maximum Gasteiger partial charge on any atom is 0.255 e. The second kappa shape index (κ2) is 8.99. The molecule has 0 aromatic heterocycles. The zero-order chi connectivity index (χ0) is 18.2. The summed E-state index contributed by atoms with van der Waals surface area (Å²) in [6.45, 7) is 4.36. The molecule has 0 aliphatic heterocycles. The van der Waals surface area contributed by atoms with Gasteiger partial charge in [0.05, 0.1) is 6.04 Å². The molecule has 0 fully saturated rings. The quantitative estimate of drug-likeness (QED) is 0.726. The molecule has 2 aromatic rings. The van der Waals surface area contributed by atoms with E-state index in [9.17, 15) is 9.59 Å². The van der Waals surface area contributed by atoms with E-state index >= 15 is 0 Å². The highest BCUT2D eigenvalue weighted by atomic mass is 16.2. The molecule has 3 N–H and O–H groups in total. The van der Waals surface area contributed by atoms with Crippen molar-refractivity contribution >= 4 is 17.5 Å². The molecular formula is C20H25N3O2. The van der Waals surface area contributed by atoms with Gasteiger partial charge in [-0.05, 0) is 50.2 Å². The first-order valence-electron chi connectivity index (χ1n) is 8.45. The molecule has 5 nitrogen and oxygen atoms in total. The molecular weight excluding hydrogens is 314 g/mol. The number of benzene rings is 2. The minimum absolute atomic E-state index is 0.0286. The Bertz CT molecular complexity index is 722. The summed E-state index contributed by atoms with van der Waals surface area (Å²) in [6, 6.07) is 14.7. The van der Waals surface area contributed by atoms with E-state index in [2.05, 4.69) is 16.0 Å². The Kier molecular flexibility index (Phi) is 6.71. The highest BCUT2D eigenvalue weighted by Crippen LogP contribution is 2.13. The maximum absolute atomic E-state index is 12.3. The Morgan fingerprint density at radius 3 is 2.44 bits per heavy atom. The predicted molar refractivity (Wildman–Crippen MR) is 101 cm³/mol. The van der Waals surface area contributed by atoms with E-state index in [-0.39, 0.29) is 17.9 Å². The van der Waals surface area contributed by atoms with Crippen LogP contribution in [0.25, 0.3) is 0 Å². The number of anilines is 1. The summed E-state index contributed by atoms with van der Waals surface area (Å²) in [6.07, 6.45) is 0.731. The van der Waals surface area contributed by atoms with Crippen LogP contribution in [0.3, 0.4) is 0 Å². The normalized spacial score (nSPS) is 11.6. The van der Waals surface area contributed by atoms with E-state index in [0.717, 1.165) is 17.5 Å². The number of carbonyl (C=O) groups excluding carboxylic acids is 2. The van der Waals surface area contributed by atoms with E-state index < -0.39 is 0 Å². The smallest absolute Gasteiger partial charge is 0.255 e. The molecule has 1 unspecified atom stereocenters. The molecule has 0 radical (unpaired) electrons. The Morgan fingerprint density at radius 1 is 1.08 bits per heavy atom. The summed E-state index contributed by atoms with van der Waals surface area (Å²) in [5.74, 6) is -0.179. The van der Waals surface area contributed by atoms with Gasteiger partial charge in [-0.3, -0.25) is 9.59 Å². The molecule has 0 spiro atoms. The summed E-state index contributed by atoms with van der Waals surface area (Å²) in [5, 5.41) is 8.77. The Morgan fingerprint density at radius 2 is 1.80 bits per heavy atom. The Hall–Kier alpha value is -2.66. The van der Waals surface area contributed by atoms with Gasteiger partial charge in [0, 0.05) is 17.8 Å². The molecule has 2 amide bonds. The van der Waals surface area contributed by atoms with E-state index in [0.29, 0.717) is 17.8 Å².